The van der Waals surface area contributed by atoms with Gasteiger partial charge in [0.2, 0.25) is 0 Å². The Bertz CT molecular complexity index is 3160. The van der Waals surface area contributed by atoms with Crippen LogP contribution >= 0.6 is 0 Å². The van der Waals surface area contributed by atoms with Crippen LogP contribution in [0.5, 0.6) is 23.0 Å². The van der Waals surface area contributed by atoms with Gasteiger partial charge in [-0.1, -0.05) is 48.5 Å². The molecule has 0 unspecified atom stereocenters. The van der Waals surface area contributed by atoms with Gasteiger partial charge < -0.3 is 19.3 Å². The number of hydrogen-bond donors (Lipinski definition) is 0. The van der Waals surface area contributed by atoms with Gasteiger partial charge in [0, 0.05) is 74.5 Å². The SMILES string of the molecule is [c-]1n(-c2ccc(N3CCCCC3)cc2)c2ccccc2[n+]1-c1cncc(Oc2ccnc(-c3cc(Oc4cncc(-[n+]5[c-]n(-c6ccc(N7CCCCC7)cc6)c6ccccc65)c4)ccn3)c2)c1. The maximum atomic E-state index is 6.43. The number of para-hydroxylation sites is 4. The number of ether oxygens (including phenoxy) is 2. The zero-order valence-electron chi connectivity index (χ0n) is 37.5. The summed E-state index contributed by atoms with van der Waals surface area (Å²) in [6.07, 6.45) is 25.3. The number of anilines is 2. The van der Waals surface area contributed by atoms with Crippen LogP contribution in [0.15, 0.2) is 171 Å². The van der Waals surface area contributed by atoms with Crippen molar-refractivity contribution in [2.75, 3.05) is 36.0 Å². The van der Waals surface area contributed by atoms with Gasteiger partial charge >= 0.3 is 0 Å². The second kappa shape index (κ2) is 18.1. The molecule has 68 heavy (non-hydrogen) atoms. The van der Waals surface area contributed by atoms with E-state index in [2.05, 4.69) is 136 Å². The van der Waals surface area contributed by atoms with E-state index in [-0.39, 0.29) is 0 Å². The minimum absolute atomic E-state index is 0.574. The first-order valence-corrected chi connectivity index (χ1v) is 23.5. The van der Waals surface area contributed by atoms with Gasteiger partial charge in [-0.3, -0.25) is 38.2 Å². The third kappa shape index (κ3) is 8.25. The van der Waals surface area contributed by atoms with E-state index in [9.17, 15) is 0 Å². The van der Waals surface area contributed by atoms with Gasteiger partial charge in [-0.25, -0.2) is 0 Å². The minimum Gasteiger partial charge on any atom is -0.456 e. The van der Waals surface area contributed by atoms with Crippen LogP contribution in [-0.2, 0) is 0 Å². The summed E-state index contributed by atoms with van der Waals surface area (Å²) in [7, 11) is 0. The number of hydrogen-bond acceptors (Lipinski definition) is 8. The largest absolute Gasteiger partial charge is 0.456 e. The van der Waals surface area contributed by atoms with Crippen molar-refractivity contribution in [3.63, 3.8) is 0 Å². The molecule has 2 saturated heterocycles. The Morgan fingerprint density at radius 1 is 0.412 bits per heavy atom. The molecule has 2 aliphatic rings. The van der Waals surface area contributed by atoms with Gasteiger partial charge in [-0.05, 0) is 111 Å². The monoisotopic (exact) mass is 892 g/mol. The fourth-order valence-corrected chi connectivity index (χ4v) is 9.49. The summed E-state index contributed by atoms with van der Waals surface area (Å²) in [5, 5.41) is 0. The maximum Gasteiger partial charge on any atom is 0.269 e. The Balaban J connectivity index is 0.766. The van der Waals surface area contributed by atoms with Gasteiger partial charge in [0.05, 0.1) is 68.6 Å². The topological polar surface area (TPSA) is 94.1 Å². The van der Waals surface area contributed by atoms with Crippen LogP contribution in [0.2, 0.25) is 0 Å². The van der Waals surface area contributed by atoms with Gasteiger partial charge in [-0.15, -0.1) is 0 Å². The number of piperidine rings is 2. The van der Waals surface area contributed by atoms with E-state index in [4.69, 9.17) is 9.47 Å². The first-order chi connectivity index (χ1) is 33.7. The number of benzene rings is 4. The highest BCUT2D eigenvalue weighted by Crippen LogP contribution is 2.31. The molecule has 0 bridgehead atoms. The Hall–Kier alpha value is -8.38. The molecule has 0 spiro atoms. The van der Waals surface area contributed by atoms with E-state index >= 15 is 0 Å². The summed E-state index contributed by atoms with van der Waals surface area (Å²) >= 11 is 0. The van der Waals surface area contributed by atoms with E-state index < -0.39 is 0 Å². The summed E-state index contributed by atoms with van der Waals surface area (Å²) in [5.41, 5.74) is 11.6. The number of aromatic nitrogens is 8. The fraction of sp³-hybridized carbons (Fsp3) is 0.179. The van der Waals surface area contributed by atoms with Crippen molar-refractivity contribution in [3.8, 4) is 57.1 Å². The standard InChI is InChI=1S/C56H48N10O2/c1-7-27-61(28-8-1)41-15-19-43(20-16-41)63-39-65(55-13-5-3-11-53(55)63)45-31-49(37-57-35-45)67-47-23-25-59-51(33-47)52-34-48(24-26-60-52)68-50-32-46(36-58-38-50)66-40-64(54-12-4-6-14-56(54)66)44-21-17-42(18-22-44)62-29-9-2-10-30-62/h3-6,11-26,31-38H,1-2,7-10,27-30H2. The molecule has 12 rings (SSSR count). The van der Waals surface area contributed by atoms with Crippen molar-refractivity contribution in [3.05, 3.63) is 183 Å². The fourth-order valence-electron chi connectivity index (χ4n) is 9.49. The highest BCUT2D eigenvalue weighted by molar-refractivity contribution is 5.76. The molecular weight excluding hydrogens is 845 g/mol. The third-order valence-electron chi connectivity index (χ3n) is 12.9. The zero-order valence-corrected chi connectivity index (χ0v) is 37.5. The predicted molar refractivity (Wildman–Crippen MR) is 263 cm³/mol. The first-order valence-electron chi connectivity index (χ1n) is 23.5. The lowest BCUT2D eigenvalue weighted by molar-refractivity contribution is -0.573. The van der Waals surface area contributed by atoms with E-state index in [0.29, 0.717) is 34.4 Å². The molecule has 8 heterocycles. The van der Waals surface area contributed by atoms with Gasteiger partial charge in [0.15, 0.2) is 0 Å². The minimum atomic E-state index is 0.574. The van der Waals surface area contributed by atoms with Crippen molar-refractivity contribution in [1.82, 2.24) is 29.1 Å². The van der Waals surface area contributed by atoms with Gasteiger partial charge in [0.1, 0.15) is 23.0 Å². The van der Waals surface area contributed by atoms with E-state index in [1.165, 1.54) is 49.9 Å². The first kappa shape index (κ1) is 41.1. The number of rotatable bonds is 11. The van der Waals surface area contributed by atoms with Crippen LogP contribution < -0.4 is 28.4 Å². The van der Waals surface area contributed by atoms with Crippen molar-refractivity contribution in [2.45, 2.75) is 38.5 Å². The summed E-state index contributed by atoms with van der Waals surface area (Å²) in [5.74, 6) is 2.33. The summed E-state index contributed by atoms with van der Waals surface area (Å²) in [6.45, 7) is 4.45. The van der Waals surface area contributed by atoms with Crippen LogP contribution in [-0.4, -0.2) is 55.2 Å². The molecule has 12 heteroatoms. The Kier molecular flexibility index (Phi) is 11.0. The lowest BCUT2D eigenvalue weighted by Crippen LogP contribution is -2.29. The van der Waals surface area contributed by atoms with E-state index in [1.807, 2.05) is 70.1 Å². The number of nitrogens with zero attached hydrogens (tertiary/aromatic N) is 10. The Labute approximate surface area is 394 Å². The molecule has 0 amide bonds. The van der Waals surface area contributed by atoms with Crippen LogP contribution in [0.3, 0.4) is 0 Å². The molecule has 0 aliphatic carbocycles. The lowest BCUT2D eigenvalue weighted by atomic mass is 10.1. The highest BCUT2D eigenvalue weighted by atomic mass is 16.5. The summed E-state index contributed by atoms with van der Waals surface area (Å²) in [4.78, 5) is 23.4. The van der Waals surface area contributed by atoms with Crippen molar-refractivity contribution >= 4 is 33.4 Å². The van der Waals surface area contributed by atoms with Crippen LogP contribution in [0.1, 0.15) is 38.5 Å². The average Bonchev–Trinajstić information content (AvgIpc) is 4.00. The third-order valence-corrected chi connectivity index (χ3v) is 12.9. The molecule has 334 valence electrons. The molecule has 6 aromatic heterocycles. The number of pyridine rings is 4. The molecule has 12 nitrogen and oxygen atoms in total. The van der Waals surface area contributed by atoms with Gasteiger partial charge in [0.25, 0.3) is 12.7 Å². The number of fused-ring (bicyclic) bond motifs is 2. The molecule has 2 aliphatic heterocycles. The molecule has 10 aromatic rings. The highest BCUT2D eigenvalue weighted by Gasteiger charge is 2.18. The Morgan fingerprint density at radius 2 is 0.824 bits per heavy atom. The van der Waals surface area contributed by atoms with E-state index in [0.717, 1.165) is 71.0 Å². The van der Waals surface area contributed by atoms with Crippen LogP contribution in [0.25, 0.3) is 56.2 Å². The Morgan fingerprint density at radius 3 is 1.26 bits per heavy atom. The maximum absolute atomic E-state index is 6.43. The van der Waals surface area contributed by atoms with Gasteiger partial charge in [-0.2, -0.15) is 0 Å². The second-order valence-corrected chi connectivity index (χ2v) is 17.4. The van der Waals surface area contributed by atoms with Crippen LogP contribution in [0, 0.1) is 12.7 Å². The molecule has 0 N–H and O–H groups in total. The quantitative estimate of drug-likeness (QED) is 0.0936. The zero-order chi connectivity index (χ0) is 45.2. The summed E-state index contributed by atoms with van der Waals surface area (Å²) in [6, 6.07) is 45.5. The average molecular weight is 893 g/mol. The van der Waals surface area contributed by atoms with E-state index in [1.54, 1.807) is 24.8 Å². The smallest absolute Gasteiger partial charge is 0.269 e. The molecule has 0 atom stereocenters. The number of imidazole rings is 2. The van der Waals surface area contributed by atoms with Crippen molar-refractivity contribution in [2.24, 2.45) is 0 Å². The molecular formula is C56H48N10O2. The van der Waals surface area contributed by atoms with Crippen molar-refractivity contribution in [1.29, 1.82) is 0 Å². The molecule has 4 aromatic carbocycles. The van der Waals surface area contributed by atoms with Crippen LogP contribution in [0.4, 0.5) is 11.4 Å². The predicted octanol–water partition coefficient (Wildman–Crippen LogP) is 10.5. The second-order valence-electron chi connectivity index (χ2n) is 17.4. The molecule has 0 radical (unpaired) electrons. The summed E-state index contributed by atoms with van der Waals surface area (Å²) < 4.78 is 21.1. The normalized spacial score (nSPS) is 14.1. The molecule has 0 saturated carbocycles. The molecule has 2 fully saturated rings. The lowest BCUT2D eigenvalue weighted by Gasteiger charge is -2.28. The van der Waals surface area contributed by atoms with Crippen molar-refractivity contribution < 1.29 is 18.6 Å².